The van der Waals surface area contributed by atoms with Crippen LogP contribution >= 0.6 is 0 Å². The Morgan fingerprint density at radius 2 is 1.88 bits per heavy atom. The second kappa shape index (κ2) is 7.31. The molecule has 0 aromatic heterocycles. The molecule has 0 saturated heterocycles. The smallest absolute Gasteiger partial charge is 0.192 e. The highest BCUT2D eigenvalue weighted by molar-refractivity contribution is 6.74. The van der Waals surface area contributed by atoms with Gasteiger partial charge in [0, 0.05) is 0 Å². The first-order chi connectivity index (χ1) is 7.74. The molecular formula is C13H29NO2Si. The Balaban J connectivity index is 4.09. The summed E-state index contributed by atoms with van der Waals surface area (Å²) in [5, 5.41) is 3.48. The molecule has 17 heavy (non-hydrogen) atoms. The molecule has 4 heteroatoms. The predicted molar refractivity (Wildman–Crippen MR) is 77.0 cm³/mol. The van der Waals surface area contributed by atoms with Crippen LogP contribution in [0.4, 0.5) is 0 Å². The zero-order chi connectivity index (χ0) is 13.5. The summed E-state index contributed by atoms with van der Waals surface area (Å²) in [6.07, 6.45) is 1.77. The van der Waals surface area contributed by atoms with Crippen molar-refractivity contribution in [1.82, 2.24) is 5.32 Å². The first kappa shape index (κ1) is 16.8. The Labute approximate surface area is 108 Å². The highest BCUT2D eigenvalue weighted by atomic mass is 28.4. The molecule has 1 N–H and O–H groups in total. The van der Waals surface area contributed by atoms with Gasteiger partial charge in [0.05, 0.1) is 25.9 Å². The Morgan fingerprint density at radius 1 is 1.29 bits per heavy atom. The van der Waals surface area contributed by atoms with Crippen LogP contribution in [0, 0.1) is 0 Å². The molecule has 102 valence electrons. The van der Waals surface area contributed by atoms with Crippen molar-refractivity contribution in [2.75, 3.05) is 26.9 Å². The third-order valence-electron chi connectivity index (χ3n) is 3.41. The molecule has 0 amide bonds. The normalized spacial score (nSPS) is 14.7. The van der Waals surface area contributed by atoms with Crippen molar-refractivity contribution in [1.29, 1.82) is 0 Å². The fourth-order valence-electron chi connectivity index (χ4n) is 1.03. The van der Waals surface area contributed by atoms with Gasteiger partial charge in [0.25, 0.3) is 0 Å². The highest BCUT2D eigenvalue weighted by Crippen LogP contribution is 2.36. The van der Waals surface area contributed by atoms with Gasteiger partial charge in [-0.25, -0.2) is 0 Å². The molecule has 1 unspecified atom stereocenters. The first-order valence-corrected chi connectivity index (χ1v) is 9.15. The van der Waals surface area contributed by atoms with E-state index in [1.54, 1.807) is 6.08 Å². The largest absolute Gasteiger partial charge is 0.415 e. The Kier molecular flexibility index (Phi) is 7.24. The Morgan fingerprint density at radius 3 is 2.29 bits per heavy atom. The van der Waals surface area contributed by atoms with Crippen LogP contribution < -0.4 is 5.32 Å². The summed E-state index contributed by atoms with van der Waals surface area (Å²) < 4.78 is 11.6. The van der Waals surface area contributed by atoms with Crippen LogP contribution in [0.15, 0.2) is 12.7 Å². The highest BCUT2D eigenvalue weighted by Gasteiger charge is 2.37. The van der Waals surface area contributed by atoms with Gasteiger partial charge < -0.3 is 14.5 Å². The van der Waals surface area contributed by atoms with Crippen LogP contribution in [-0.4, -0.2) is 41.2 Å². The molecule has 0 spiro atoms. The third-order valence-corrected chi connectivity index (χ3v) is 7.92. The van der Waals surface area contributed by atoms with Gasteiger partial charge in [-0.05, 0) is 25.2 Å². The molecule has 0 heterocycles. The lowest BCUT2D eigenvalue weighted by Gasteiger charge is -2.37. The van der Waals surface area contributed by atoms with Gasteiger partial charge in [0.2, 0.25) is 0 Å². The van der Waals surface area contributed by atoms with Crippen molar-refractivity contribution in [3.63, 3.8) is 0 Å². The Bertz CT molecular complexity index is 224. The summed E-state index contributed by atoms with van der Waals surface area (Å²) >= 11 is 0. The maximum absolute atomic E-state index is 6.15. The molecule has 0 aliphatic carbocycles. The van der Waals surface area contributed by atoms with Crippen LogP contribution in [0.5, 0.6) is 0 Å². The van der Waals surface area contributed by atoms with E-state index in [2.05, 4.69) is 45.8 Å². The third kappa shape index (κ3) is 6.36. The fraction of sp³-hybridized carbons (Fsp3) is 0.846. The standard InChI is InChI=1S/C13H29NO2Si/c1-8-9-15-10-12(14-5)11-16-17(6,7)13(2,3)4/h8,12,14H,1,9-11H2,2-7H3. The van der Waals surface area contributed by atoms with Crippen molar-refractivity contribution in [2.45, 2.75) is 44.9 Å². The van der Waals surface area contributed by atoms with Crippen molar-refractivity contribution in [3.8, 4) is 0 Å². The molecule has 0 aromatic carbocycles. The van der Waals surface area contributed by atoms with Crippen molar-refractivity contribution in [3.05, 3.63) is 12.7 Å². The second-order valence-corrected chi connectivity index (χ2v) is 10.7. The molecule has 0 fully saturated rings. The summed E-state index contributed by atoms with van der Waals surface area (Å²) in [4.78, 5) is 0. The average Bonchev–Trinajstić information content (AvgIpc) is 2.21. The predicted octanol–water partition coefficient (Wildman–Crippen LogP) is 2.80. The first-order valence-electron chi connectivity index (χ1n) is 6.24. The minimum Gasteiger partial charge on any atom is -0.415 e. The number of ether oxygens (including phenoxy) is 1. The lowest BCUT2D eigenvalue weighted by molar-refractivity contribution is 0.112. The van der Waals surface area contributed by atoms with E-state index in [1.165, 1.54) is 0 Å². The zero-order valence-electron chi connectivity index (χ0n) is 12.3. The molecule has 0 aliphatic rings. The van der Waals surface area contributed by atoms with Crippen LogP contribution in [0.25, 0.3) is 0 Å². The molecule has 0 saturated carbocycles. The van der Waals surface area contributed by atoms with Gasteiger partial charge >= 0.3 is 0 Å². The van der Waals surface area contributed by atoms with E-state index in [1.807, 2.05) is 7.05 Å². The summed E-state index contributed by atoms with van der Waals surface area (Å²) in [6, 6.07) is 0.254. The summed E-state index contributed by atoms with van der Waals surface area (Å²) in [6.45, 7) is 16.9. The monoisotopic (exact) mass is 259 g/mol. The van der Waals surface area contributed by atoms with E-state index in [0.717, 1.165) is 0 Å². The van der Waals surface area contributed by atoms with Gasteiger partial charge in [0.15, 0.2) is 8.32 Å². The zero-order valence-corrected chi connectivity index (χ0v) is 13.3. The summed E-state index contributed by atoms with van der Waals surface area (Å²) in [5.74, 6) is 0. The van der Waals surface area contributed by atoms with Crippen molar-refractivity contribution in [2.24, 2.45) is 0 Å². The molecule has 0 radical (unpaired) electrons. The second-order valence-electron chi connectivity index (χ2n) is 5.88. The van der Waals surface area contributed by atoms with Gasteiger partial charge in [-0.15, -0.1) is 6.58 Å². The van der Waals surface area contributed by atoms with E-state index < -0.39 is 8.32 Å². The number of hydrogen-bond acceptors (Lipinski definition) is 3. The van der Waals surface area contributed by atoms with E-state index in [4.69, 9.17) is 9.16 Å². The fourth-order valence-corrected chi connectivity index (χ4v) is 2.08. The SMILES string of the molecule is C=CCOCC(CO[Si](C)(C)C(C)(C)C)NC. The van der Waals surface area contributed by atoms with E-state index in [-0.39, 0.29) is 11.1 Å². The van der Waals surface area contributed by atoms with Crippen LogP contribution in [0.1, 0.15) is 20.8 Å². The van der Waals surface area contributed by atoms with Crippen LogP contribution in [-0.2, 0) is 9.16 Å². The molecule has 0 bridgehead atoms. The Hall–Kier alpha value is -0.163. The topological polar surface area (TPSA) is 30.5 Å². The molecule has 3 nitrogen and oxygen atoms in total. The minimum atomic E-state index is -1.65. The maximum Gasteiger partial charge on any atom is 0.192 e. The lowest BCUT2D eigenvalue weighted by atomic mass is 10.2. The quantitative estimate of drug-likeness (QED) is 0.413. The lowest BCUT2D eigenvalue weighted by Crippen LogP contribution is -2.45. The molecular weight excluding hydrogens is 230 g/mol. The van der Waals surface area contributed by atoms with Crippen LogP contribution in [0.3, 0.4) is 0 Å². The van der Waals surface area contributed by atoms with Gasteiger partial charge in [-0.1, -0.05) is 26.8 Å². The van der Waals surface area contributed by atoms with Crippen molar-refractivity contribution < 1.29 is 9.16 Å². The van der Waals surface area contributed by atoms with E-state index in [9.17, 15) is 0 Å². The number of likely N-dealkylation sites (N-methyl/N-ethyl adjacent to an activating group) is 1. The summed E-state index contributed by atoms with van der Waals surface area (Å²) in [7, 11) is 0.294. The van der Waals surface area contributed by atoms with Gasteiger partial charge in [0.1, 0.15) is 0 Å². The van der Waals surface area contributed by atoms with Gasteiger partial charge in [-0.3, -0.25) is 0 Å². The van der Waals surface area contributed by atoms with E-state index in [0.29, 0.717) is 19.8 Å². The van der Waals surface area contributed by atoms with Crippen molar-refractivity contribution >= 4 is 8.32 Å². The molecule has 0 rings (SSSR count). The van der Waals surface area contributed by atoms with E-state index >= 15 is 0 Å². The maximum atomic E-state index is 6.15. The summed E-state index contributed by atoms with van der Waals surface area (Å²) in [5.41, 5.74) is 0. The number of hydrogen-bond donors (Lipinski definition) is 1. The molecule has 0 aromatic rings. The number of rotatable bonds is 8. The molecule has 0 aliphatic heterocycles. The number of nitrogens with one attached hydrogen (secondary N) is 1. The average molecular weight is 259 g/mol. The minimum absolute atomic E-state index is 0.254. The molecule has 1 atom stereocenters. The van der Waals surface area contributed by atoms with Crippen LogP contribution in [0.2, 0.25) is 18.1 Å². The van der Waals surface area contributed by atoms with Gasteiger partial charge in [-0.2, -0.15) is 0 Å².